The minimum absolute atomic E-state index is 0.0572. The van der Waals surface area contributed by atoms with Crippen LogP contribution in [0, 0.1) is 0 Å². The Kier molecular flexibility index (Phi) is 3.65. The number of halogens is 1. The predicted octanol–water partition coefficient (Wildman–Crippen LogP) is 4.17. The van der Waals surface area contributed by atoms with Gasteiger partial charge in [0, 0.05) is 22.3 Å². The molecule has 0 radical (unpaired) electrons. The summed E-state index contributed by atoms with van der Waals surface area (Å²) in [6.45, 7) is 1.91. The van der Waals surface area contributed by atoms with Crippen molar-refractivity contribution in [2.75, 3.05) is 0 Å². The largest absolute Gasteiger partial charge is 0.385 e. The highest BCUT2D eigenvalue weighted by atomic mass is 79.9. The zero-order valence-electron chi connectivity index (χ0n) is 11.5. The molecule has 0 saturated heterocycles. The summed E-state index contributed by atoms with van der Waals surface area (Å²) in [7, 11) is 0. The van der Waals surface area contributed by atoms with E-state index in [-0.39, 0.29) is 5.92 Å². The van der Waals surface area contributed by atoms with Gasteiger partial charge < -0.3 is 5.11 Å². The first kappa shape index (κ1) is 13.8. The van der Waals surface area contributed by atoms with Gasteiger partial charge in [-0.2, -0.15) is 0 Å². The van der Waals surface area contributed by atoms with E-state index in [1.807, 2.05) is 43.5 Å². The number of nitrogens with zero attached hydrogens (tertiary/aromatic N) is 1. The van der Waals surface area contributed by atoms with Gasteiger partial charge in [-0.05, 0) is 55.5 Å². The Morgan fingerprint density at radius 1 is 1.30 bits per heavy atom. The number of benzene rings is 1. The molecule has 0 spiro atoms. The summed E-state index contributed by atoms with van der Waals surface area (Å²) in [5.74, 6) is 0.0572. The number of aryl methyl sites for hydroxylation is 1. The summed E-state index contributed by atoms with van der Waals surface area (Å²) in [5.41, 5.74) is 2.38. The van der Waals surface area contributed by atoms with Crippen molar-refractivity contribution in [2.45, 2.75) is 37.7 Å². The maximum atomic E-state index is 11.1. The molecule has 1 heterocycles. The fourth-order valence-corrected chi connectivity index (χ4v) is 3.56. The van der Waals surface area contributed by atoms with Gasteiger partial charge in [0.05, 0.1) is 5.60 Å². The third-order valence-corrected chi connectivity index (χ3v) is 4.78. The van der Waals surface area contributed by atoms with Gasteiger partial charge in [-0.15, -0.1) is 0 Å². The van der Waals surface area contributed by atoms with Crippen molar-refractivity contribution in [3.63, 3.8) is 0 Å². The molecule has 0 saturated carbocycles. The smallest absolute Gasteiger partial charge is 0.0952 e. The van der Waals surface area contributed by atoms with Crippen LogP contribution in [-0.2, 0) is 12.0 Å². The maximum absolute atomic E-state index is 11.1. The number of hydrogen-bond donors (Lipinski definition) is 1. The molecule has 2 unspecified atom stereocenters. The number of rotatable bonds is 2. The molecule has 1 aliphatic carbocycles. The zero-order chi connectivity index (χ0) is 14.2. The van der Waals surface area contributed by atoms with Crippen LogP contribution in [0.3, 0.4) is 0 Å². The van der Waals surface area contributed by atoms with Gasteiger partial charge in [-0.3, -0.25) is 4.98 Å². The Morgan fingerprint density at radius 3 is 2.95 bits per heavy atom. The number of hydrogen-bond acceptors (Lipinski definition) is 2. The maximum Gasteiger partial charge on any atom is 0.0952 e. The normalized spacial score (nSPS) is 21.1. The lowest BCUT2D eigenvalue weighted by atomic mass is 9.73. The molecular formula is C17H18BrNO. The van der Waals surface area contributed by atoms with Gasteiger partial charge in [0.1, 0.15) is 0 Å². The SMILES string of the molecule is CC(O)(c1cccc(Br)c1)C1CCCc2cccnc21. The molecule has 104 valence electrons. The fourth-order valence-electron chi connectivity index (χ4n) is 3.16. The van der Waals surface area contributed by atoms with E-state index in [0.717, 1.165) is 35.0 Å². The Hall–Kier alpha value is -1.19. The second-order valence-corrected chi connectivity index (χ2v) is 6.57. The molecule has 3 heteroatoms. The van der Waals surface area contributed by atoms with Gasteiger partial charge in [0.15, 0.2) is 0 Å². The number of fused-ring (bicyclic) bond motifs is 1. The highest BCUT2D eigenvalue weighted by Crippen LogP contribution is 2.43. The molecule has 0 fully saturated rings. The quantitative estimate of drug-likeness (QED) is 0.895. The molecule has 3 rings (SSSR count). The lowest BCUT2D eigenvalue weighted by molar-refractivity contribution is 0.0188. The average molecular weight is 332 g/mol. The van der Waals surface area contributed by atoms with Crippen LogP contribution < -0.4 is 0 Å². The Labute approximate surface area is 128 Å². The van der Waals surface area contributed by atoms with Crippen LogP contribution in [0.4, 0.5) is 0 Å². The molecule has 2 aromatic rings. The molecule has 20 heavy (non-hydrogen) atoms. The van der Waals surface area contributed by atoms with Crippen molar-refractivity contribution < 1.29 is 5.11 Å². The second-order valence-electron chi connectivity index (χ2n) is 5.65. The van der Waals surface area contributed by atoms with Crippen molar-refractivity contribution in [3.8, 4) is 0 Å². The molecule has 1 aliphatic rings. The molecule has 1 N–H and O–H groups in total. The molecule has 2 atom stereocenters. The Morgan fingerprint density at radius 2 is 2.15 bits per heavy atom. The average Bonchev–Trinajstić information content (AvgIpc) is 2.46. The summed E-state index contributed by atoms with van der Waals surface area (Å²) in [5, 5.41) is 11.1. The third kappa shape index (κ3) is 2.40. The van der Waals surface area contributed by atoms with E-state index in [9.17, 15) is 5.11 Å². The topological polar surface area (TPSA) is 33.1 Å². The lowest BCUT2D eigenvalue weighted by Crippen LogP contribution is -2.33. The lowest BCUT2D eigenvalue weighted by Gasteiger charge is -2.36. The van der Waals surface area contributed by atoms with Gasteiger partial charge >= 0.3 is 0 Å². The Balaban J connectivity index is 2.04. The minimum Gasteiger partial charge on any atom is -0.385 e. The first-order valence-electron chi connectivity index (χ1n) is 7.01. The summed E-state index contributed by atoms with van der Waals surface area (Å²) >= 11 is 3.48. The van der Waals surface area contributed by atoms with E-state index in [4.69, 9.17) is 0 Å². The highest BCUT2D eigenvalue weighted by molar-refractivity contribution is 9.10. The monoisotopic (exact) mass is 331 g/mol. The van der Waals surface area contributed by atoms with Gasteiger partial charge in [-0.25, -0.2) is 0 Å². The number of aromatic nitrogens is 1. The van der Waals surface area contributed by atoms with Crippen molar-refractivity contribution in [1.29, 1.82) is 0 Å². The number of pyridine rings is 1. The van der Waals surface area contributed by atoms with Crippen LogP contribution in [0.15, 0.2) is 47.1 Å². The van der Waals surface area contributed by atoms with E-state index in [1.54, 1.807) is 0 Å². The Bertz CT molecular complexity index is 624. The van der Waals surface area contributed by atoms with Crippen LogP contribution in [0.25, 0.3) is 0 Å². The van der Waals surface area contributed by atoms with Crippen molar-refractivity contribution in [2.24, 2.45) is 0 Å². The van der Waals surface area contributed by atoms with Gasteiger partial charge in [-0.1, -0.05) is 34.1 Å². The van der Waals surface area contributed by atoms with Crippen LogP contribution in [0.1, 0.15) is 42.5 Å². The van der Waals surface area contributed by atoms with Crippen LogP contribution in [0.5, 0.6) is 0 Å². The first-order valence-corrected chi connectivity index (χ1v) is 7.80. The number of aliphatic hydroxyl groups is 1. The predicted molar refractivity (Wildman–Crippen MR) is 83.6 cm³/mol. The van der Waals surface area contributed by atoms with Crippen molar-refractivity contribution in [3.05, 3.63) is 63.9 Å². The summed E-state index contributed by atoms with van der Waals surface area (Å²) in [6, 6.07) is 12.0. The molecule has 1 aromatic carbocycles. The minimum atomic E-state index is -0.896. The molecule has 0 aliphatic heterocycles. The molecule has 2 nitrogen and oxygen atoms in total. The van der Waals surface area contributed by atoms with Crippen molar-refractivity contribution in [1.82, 2.24) is 4.98 Å². The van der Waals surface area contributed by atoms with Crippen LogP contribution in [-0.4, -0.2) is 10.1 Å². The van der Waals surface area contributed by atoms with E-state index in [2.05, 4.69) is 27.0 Å². The van der Waals surface area contributed by atoms with E-state index in [0.29, 0.717) is 0 Å². The summed E-state index contributed by atoms with van der Waals surface area (Å²) < 4.78 is 0.993. The van der Waals surface area contributed by atoms with Crippen LogP contribution in [0.2, 0.25) is 0 Å². The van der Waals surface area contributed by atoms with E-state index >= 15 is 0 Å². The third-order valence-electron chi connectivity index (χ3n) is 4.28. The van der Waals surface area contributed by atoms with E-state index in [1.165, 1.54) is 5.56 Å². The van der Waals surface area contributed by atoms with Gasteiger partial charge in [0.25, 0.3) is 0 Å². The van der Waals surface area contributed by atoms with E-state index < -0.39 is 5.60 Å². The summed E-state index contributed by atoms with van der Waals surface area (Å²) in [4.78, 5) is 4.54. The zero-order valence-corrected chi connectivity index (χ0v) is 13.1. The molecular weight excluding hydrogens is 314 g/mol. The molecule has 0 bridgehead atoms. The fraction of sp³-hybridized carbons (Fsp3) is 0.353. The summed E-state index contributed by atoms with van der Waals surface area (Å²) in [6.07, 6.45) is 4.97. The molecule has 0 amide bonds. The second kappa shape index (κ2) is 5.30. The molecule has 1 aromatic heterocycles. The van der Waals surface area contributed by atoms with Crippen LogP contribution >= 0.6 is 15.9 Å². The first-order chi connectivity index (χ1) is 9.59. The van der Waals surface area contributed by atoms with Crippen molar-refractivity contribution >= 4 is 15.9 Å². The standard InChI is InChI=1S/C17H18BrNO/c1-17(20,13-7-3-8-14(18)11-13)15-9-2-5-12-6-4-10-19-16(12)15/h3-4,6-8,10-11,15,20H,2,5,9H2,1H3. The highest BCUT2D eigenvalue weighted by Gasteiger charge is 2.38. The van der Waals surface area contributed by atoms with Gasteiger partial charge in [0.2, 0.25) is 0 Å².